The zero-order valence-electron chi connectivity index (χ0n) is 12.8. The van der Waals surface area contributed by atoms with Crippen molar-refractivity contribution in [3.8, 4) is 0 Å². The molecule has 1 fully saturated rings. The Morgan fingerprint density at radius 1 is 1.36 bits per heavy atom. The number of halogens is 1. The second kappa shape index (κ2) is 7.63. The summed E-state index contributed by atoms with van der Waals surface area (Å²) in [6.45, 7) is 3.46. The minimum atomic E-state index is -0.579. The molecule has 1 saturated carbocycles. The van der Waals surface area contributed by atoms with Crippen molar-refractivity contribution in [1.29, 1.82) is 0 Å². The van der Waals surface area contributed by atoms with Crippen molar-refractivity contribution in [3.05, 3.63) is 29.6 Å². The molecule has 0 spiro atoms. The Bertz CT molecular complexity index is 565. The molecule has 6 heteroatoms. The van der Waals surface area contributed by atoms with Crippen LogP contribution in [0.25, 0.3) is 0 Å². The predicted octanol–water partition coefficient (Wildman–Crippen LogP) is 3.19. The lowest BCUT2D eigenvalue weighted by Gasteiger charge is -2.20. The van der Waals surface area contributed by atoms with E-state index in [0.29, 0.717) is 10.9 Å². The second-order valence-corrected chi connectivity index (χ2v) is 6.90. The first kappa shape index (κ1) is 16.8. The molecule has 2 N–H and O–H groups in total. The molecule has 0 heterocycles. The van der Waals surface area contributed by atoms with Gasteiger partial charge in [-0.2, -0.15) is 11.8 Å². The first-order chi connectivity index (χ1) is 10.5. The highest BCUT2D eigenvalue weighted by atomic mass is 32.2. The molecule has 120 valence electrons. The molecule has 1 aromatic rings. The van der Waals surface area contributed by atoms with Crippen LogP contribution in [-0.2, 0) is 4.79 Å². The topological polar surface area (TPSA) is 58.2 Å². The van der Waals surface area contributed by atoms with E-state index in [1.165, 1.54) is 25.1 Å². The molecule has 1 aliphatic rings. The van der Waals surface area contributed by atoms with Gasteiger partial charge < -0.3 is 10.6 Å². The van der Waals surface area contributed by atoms with Crippen LogP contribution >= 0.6 is 11.8 Å². The maximum absolute atomic E-state index is 13.9. The van der Waals surface area contributed by atoms with Crippen molar-refractivity contribution < 1.29 is 14.0 Å². The lowest BCUT2D eigenvalue weighted by Crippen LogP contribution is -2.39. The van der Waals surface area contributed by atoms with Gasteiger partial charge >= 0.3 is 0 Å². The third-order valence-electron chi connectivity index (χ3n) is 3.68. The third kappa shape index (κ3) is 4.22. The van der Waals surface area contributed by atoms with Crippen molar-refractivity contribution in [2.75, 3.05) is 11.1 Å². The average molecular weight is 324 g/mol. The number of benzene rings is 1. The van der Waals surface area contributed by atoms with Gasteiger partial charge in [-0.1, -0.05) is 13.3 Å². The van der Waals surface area contributed by atoms with E-state index < -0.39 is 11.7 Å². The first-order valence-electron chi connectivity index (χ1n) is 7.51. The van der Waals surface area contributed by atoms with E-state index in [9.17, 15) is 14.0 Å². The minimum Gasteiger partial charge on any atom is -0.348 e. The highest BCUT2D eigenvalue weighted by molar-refractivity contribution is 7.99. The molecule has 0 bridgehead atoms. The van der Waals surface area contributed by atoms with Gasteiger partial charge in [-0.15, -0.1) is 0 Å². The maximum atomic E-state index is 13.9. The molecule has 22 heavy (non-hydrogen) atoms. The molecule has 0 saturated heterocycles. The molecule has 1 aliphatic carbocycles. The number of rotatable bonds is 5. The van der Waals surface area contributed by atoms with Crippen LogP contribution in [0.2, 0.25) is 0 Å². The lowest BCUT2D eigenvalue weighted by atomic mass is 10.1. The highest BCUT2D eigenvalue weighted by Gasteiger charge is 2.29. The van der Waals surface area contributed by atoms with E-state index in [4.69, 9.17) is 0 Å². The van der Waals surface area contributed by atoms with Crippen molar-refractivity contribution in [3.63, 3.8) is 0 Å². The van der Waals surface area contributed by atoms with Crippen LogP contribution in [0.4, 0.5) is 10.1 Å². The summed E-state index contributed by atoms with van der Waals surface area (Å²) in [6, 6.07) is 4.11. The molecular weight excluding hydrogens is 303 g/mol. The van der Waals surface area contributed by atoms with Crippen molar-refractivity contribution in [2.45, 2.75) is 44.4 Å². The molecule has 2 amide bonds. The Morgan fingerprint density at radius 3 is 2.82 bits per heavy atom. The number of hydrogen-bond acceptors (Lipinski definition) is 3. The van der Waals surface area contributed by atoms with Crippen molar-refractivity contribution >= 4 is 29.3 Å². The molecule has 1 aromatic carbocycles. The summed E-state index contributed by atoms with van der Waals surface area (Å²) in [4.78, 5) is 23.4. The highest BCUT2D eigenvalue weighted by Crippen LogP contribution is 2.30. The van der Waals surface area contributed by atoms with E-state index in [1.54, 1.807) is 0 Å². The summed E-state index contributed by atoms with van der Waals surface area (Å²) in [5.74, 6) is -0.251. The van der Waals surface area contributed by atoms with E-state index >= 15 is 0 Å². The Hall–Kier alpha value is -1.56. The fourth-order valence-electron chi connectivity index (χ4n) is 2.73. The molecular formula is C16H21FN2O2S. The molecule has 0 radical (unpaired) electrons. The number of hydrogen-bond donors (Lipinski definition) is 2. The van der Waals surface area contributed by atoms with Gasteiger partial charge in [0.25, 0.3) is 5.91 Å². The third-order valence-corrected chi connectivity index (χ3v) is 5.01. The predicted molar refractivity (Wildman–Crippen MR) is 87.7 cm³/mol. The molecule has 0 aliphatic heterocycles. The molecule has 4 nitrogen and oxygen atoms in total. The van der Waals surface area contributed by atoms with Gasteiger partial charge in [0, 0.05) is 23.9 Å². The van der Waals surface area contributed by atoms with Gasteiger partial charge in [0.2, 0.25) is 5.91 Å². The first-order valence-corrected chi connectivity index (χ1v) is 8.55. The largest absolute Gasteiger partial charge is 0.348 e. The summed E-state index contributed by atoms with van der Waals surface area (Å²) in [5, 5.41) is 5.90. The van der Waals surface area contributed by atoms with Crippen LogP contribution in [0.15, 0.2) is 18.2 Å². The van der Waals surface area contributed by atoms with Crippen LogP contribution in [0, 0.1) is 5.82 Å². The van der Waals surface area contributed by atoms with Crippen molar-refractivity contribution in [1.82, 2.24) is 5.32 Å². The molecule has 2 atom stereocenters. The summed E-state index contributed by atoms with van der Waals surface area (Å²) >= 11 is 1.83. The number of thioether (sulfide) groups is 1. The summed E-state index contributed by atoms with van der Waals surface area (Å²) in [7, 11) is 0. The Morgan fingerprint density at radius 2 is 2.14 bits per heavy atom. The van der Waals surface area contributed by atoms with Gasteiger partial charge in [-0.3, -0.25) is 9.59 Å². The summed E-state index contributed by atoms with van der Waals surface area (Å²) < 4.78 is 13.9. The van der Waals surface area contributed by atoms with Crippen LogP contribution in [0.1, 0.15) is 43.5 Å². The lowest BCUT2D eigenvalue weighted by molar-refractivity contribution is -0.114. The summed E-state index contributed by atoms with van der Waals surface area (Å²) in [5.41, 5.74) is 0.392. The normalized spacial score (nSPS) is 20.7. The fourth-order valence-corrected chi connectivity index (χ4v) is 3.93. The van der Waals surface area contributed by atoms with E-state index in [2.05, 4.69) is 17.6 Å². The average Bonchev–Trinajstić information content (AvgIpc) is 2.88. The number of nitrogens with one attached hydrogen (secondary N) is 2. The molecule has 0 aromatic heterocycles. The van der Waals surface area contributed by atoms with Crippen molar-refractivity contribution in [2.24, 2.45) is 0 Å². The fraction of sp³-hybridized carbons (Fsp3) is 0.500. The van der Waals surface area contributed by atoms with Crippen LogP contribution in [0.3, 0.4) is 0 Å². The second-order valence-electron chi connectivity index (χ2n) is 5.38. The Balaban J connectivity index is 2.10. The monoisotopic (exact) mass is 324 g/mol. The van der Waals surface area contributed by atoms with E-state index in [0.717, 1.165) is 25.0 Å². The number of carbonyl (C=O) groups excluding carboxylic acids is 2. The van der Waals surface area contributed by atoms with Gasteiger partial charge in [-0.05, 0) is 36.8 Å². The van der Waals surface area contributed by atoms with Gasteiger partial charge in [0.15, 0.2) is 0 Å². The van der Waals surface area contributed by atoms with E-state index in [-0.39, 0.29) is 17.5 Å². The number of anilines is 1. The van der Waals surface area contributed by atoms with Gasteiger partial charge in [0.1, 0.15) is 5.82 Å². The van der Waals surface area contributed by atoms with Crippen LogP contribution < -0.4 is 10.6 Å². The molecule has 2 rings (SSSR count). The van der Waals surface area contributed by atoms with Crippen LogP contribution in [0.5, 0.6) is 0 Å². The standard InChI is InChI=1S/C16H21FN2O2S/c1-3-22-15-6-4-5-14(15)19-16(21)12-9-11(18-10(2)20)7-8-13(12)17/h7-9,14-15H,3-6H2,1-2H3,(H,18,20)(H,19,21)/t14-,15+/m1/s1. The quantitative estimate of drug-likeness (QED) is 0.874. The van der Waals surface area contributed by atoms with Gasteiger partial charge in [0.05, 0.1) is 5.56 Å². The van der Waals surface area contributed by atoms with Crippen LogP contribution in [-0.4, -0.2) is 28.9 Å². The SMILES string of the molecule is CCS[C@H]1CCC[C@H]1NC(=O)c1cc(NC(C)=O)ccc1F. The Kier molecular flexibility index (Phi) is 5.83. The number of amides is 2. The summed E-state index contributed by atoms with van der Waals surface area (Å²) in [6.07, 6.45) is 3.09. The maximum Gasteiger partial charge on any atom is 0.254 e. The Labute approximate surface area is 134 Å². The number of carbonyl (C=O) groups is 2. The zero-order chi connectivity index (χ0) is 16.1. The zero-order valence-corrected chi connectivity index (χ0v) is 13.6. The smallest absolute Gasteiger partial charge is 0.254 e. The van der Waals surface area contributed by atoms with Gasteiger partial charge in [-0.25, -0.2) is 4.39 Å². The van der Waals surface area contributed by atoms with E-state index in [1.807, 2.05) is 11.8 Å². The molecule has 0 unspecified atom stereocenters. The minimum absolute atomic E-state index is 0.0293.